The third kappa shape index (κ3) is 2.44. The van der Waals surface area contributed by atoms with Gasteiger partial charge in [0.1, 0.15) is 0 Å². The average Bonchev–Trinajstić information content (AvgIpc) is 2.16. The maximum absolute atomic E-state index is 13.1. The minimum Gasteiger partial charge on any atom is -0.326 e. The lowest BCUT2D eigenvalue weighted by Crippen LogP contribution is -2.08. The fourth-order valence-electron chi connectivity index (χ4n) is 1.20. The van der Waals surface area contributed by atoms with Crippen molar-refractivity contribution in [1.29, 1.82) is 5.26 Å². The second kappa shape index (κ2) is 4.75. The summed E-state index contributed by atoms with van der Waals surface area (Å²) in [7, 11) is 0. The van der Waals surface area contributed by atoms with E-state index >= 15 is 0 Å². The van der Waals surface area contributed by atoms with Crippen molar-refractivity contribution in [2.45, 2.75) is 19.4 Å². The number of nitrogens with zero attached hydrogens (tertiary/aromatic N) is 2. The number of pyridine rings is 1. The fourth-order valence-corrected chi connectivity index (χ4v) is 1.20. The van der Waals surface area contributed by atoms with Crippen molar-refractivity contribution in [3.05, 3.63) is 28.8 Å². The molecule has 0 saturated heterocycles. The normalized spacial score (nSPS) is 10.4. The summed E-state index contributed by atoms with van der Waals surface area (Å²) in [5.74, 6) is -1.25. The third-order valence-corrected chi connectivity index (χ3v) is 1.85. The van der Waals surface area contributed by atoms with E-state index in [4.69, 9.17) is 11.0 Å². The van der Waals surface area contributed by atoms with Crippen LogP contribution in [0, 0.1) is 17.3 Å². The van der Waals surface area contributed by atoms with Gasteiger partial charge in [-0.3, -0.25) is 0 Å². The quantitative estimate of drug-likeness (QED) is 0.780. The van der Waals surface area contributed by atoms with Gasteiger partial charge in [0.15, 0.2) is 0 Å². The van der Waals surface area contributed by atoms with Gasteiger partial charge in [-0.25, -0.2) is 13.8 Å². The largest absolute Gasteiger partial charge is 0.326 e. The molecule has 3 nitrogen and oxygen atoms in total. The zero-order chi connectivity index (χ0) is 11.4. The predicted molar refractivity (Wildman–Crippen MR) is 46.4 cm³/mol. The number of rotatable bonds is 3. The van der Waals surface area contributed by atoms with Crippen molar-refractivity contribution in [3.8, 4) is 6.07 Å². The Balaban J connectivity index is 3.25. The van der Waals surface area contributed by atoms with Gasteiger partial charge in [-0.1, -0.05) is 0 Å². The zero-order valence-corrected chi connectivity index (χ0v) is 7.67. The van der Waals surface area contributed by atoms with Gasteiger partial charge in [-0.2, -0.15) is 9.65 Å². The van der Waals surface area contributed by atoms with Crippen molar-refractivity contribution in [2.75, 3.05) is 0 Å². The first-order valence-electron chi connectivity index (χ1n) is 4.13. The number of halogens is 3. The summed E-state index contributed by atoms with van der Waals surface area (Å²) in [4.78, 5) is 3.27. The van der Waals surface area contributed by atoms with E-state index in [1.54, 1.807) is 6.07 Å². The molecule has 0 unspecified atom stereocenters. The van der Waals surface area contributed by atoms with Crippen LogP contribution in [-0.2, 0) is 13.0 Å². The Morgan fingerprint density at radius 3 is 2.67 bits per heavy atom. The molecule has 0 aliphatic heterocycles. The molecule has 15 heavy (non-hydrogen) atoms. The van der Waals surface area contributed by atoms with Gasteiger partial charge < -0.3 is 5.73 Å². The molecule has 6 heteroatoms. The molecule has 0 aromatic carbocycles. The van der Waals surface area contributed by atoms with E-state index < -0.39 is 17.9 Å². The van der Waals surface area contributed by atoms with E-state index in [9.17, 15) is 13.2 Å². The highest BCUT2D eigenvalue weighted by Gasteiger charge is 2.19. The van der Waals surface area contributed by atoms with E-state index in [1.807, 2.05) is 0 Å². The van der Waals surface area contributed by atoms with Gasteiger partial charge in [0.05, 0.1) is 23.7 Å². The van der Waals surface area contributed by atoms with E-state index in [0.717, 1.165) is 0 Å². The van der Waals surface area contributed by atoms with Crippen LogP contribution >= 0.6 is 0 Å². The van der Waals surface area contributed by atoms with Crippen LogP contribution in [0.4, 0.5) is 13.2 Å². The summed E-state index contributed by atoms with van der Waals surface area (Å²) in [6.45, 7) is -0.211. The zero-order valence-electron chi connectivity index (χ0n) is 7.67. The highest BCUT2D eigenvalue weighted by molar-refractivity contribution is 5.29. The first kappa shape index (κ1) is 11.5. The van der Waals surface area contributed by atoms with E-state index in [2.05, 4.69) is 4.98 Å². The highest BCUT2D eigenvalue weighted by Crippen LogP contribution is 2.25. The van der Waals surface area contributed by atoms with Gasteiger partial charge in [0.25, 0.3) is 6.43 Å². The molecule has 0 fully saturated rings. The smallest absolute Gasteiger partial charge is 0.268 e. The van der Waals surface area contributed by atoms with Crippen molar-refractivity contribution in [1.82, 2.24) is 4.98 Å². The Labute approximate surface area is 84.3 Å². The van der Waals surface area contributed by atoms with E-state index in [-0.39, 0.29) is 24.2 Å². The topological polar surface area (TPSA) is 62.7 Å². The first-order chi connectivity index (χ1) is 7.10. The lowest BCUT2D eigenvalue weighted by atomic mass is 10.1. The van der Waals surface area contributed by atoms with Crippen LogP contribution in [0.15, 0.2) is 6.07 Å². The Hall–Kier alpha value is -1.61. The number of hydrogen-bond donors (Lipinski definition) is 1. The van der Waals surface area contributed by atoms with Crippen molar-refractivity contribution in [3.63, 3.8) is 0 Å². The number of nitrogens with two attached hydrogens (primary N) is 1. The lowest BCUT2D eigenvalue weighted by molar-refractivity contribution is 0.143. The molecule has 0 atom stereocenters. The summed E-state index contributed by atoms with van der Waals surface area (Å²) in [5.41, 5.74) is 4.53. The van der Waals surface area contributed by atoms with Crippen molar-refractivity contribution in [2.24, 2.45) is 5.73 Å². The monoisotopic (exact) mass is 215 g/mol. The molecule has 0 spiro atoms. The Morgan fingerprint density at radius 1 is 1.53 bits per heavy atom. The maximum atomic E-state index is 13.1. The Kier molecular flexibility index (Phi) is 3.63. The molecule has 0 radical (unpaired) electrons. The summed E-state index contributed by atoms with van der Waals surface area (Å²) in [5, 5.41) is 8.36. The second-order valence-corrected chi connectivity index (χ2v) is 2.82. The van der Waals surface area contributed by atoms with Crippen molar-refractivity contribution >= 4 is 0 Å². The molecule has 1 heterocycles. The minimum atomic E-state index is -2.95. The van der Waals surface area contributed by atoms with Crippen molar-refractivity contribution < 1.29 is 13.2 Å². The number of alkyl halides is 2. The van der Waals surface area contributed by atoms with Crippen LogP contribution in [0.3, 0.4) is 0 Å². The molecule has 0 saturated carbocycles. The molecule has 1 aromatic heterocycles. The standard InChI is InChI=1S/C9H8F3N3/c10-8(11)7-5(4-14)3-6(1-2-13)15-9(7)12/h3,8H,1,4,14H2. The molecule has 0 amide bonds. The summed E-state index contributed by atoms with van der Waals surface area (Å²) in [6, 6.07) is 2.98. The highest BCUT2D eigenvalue weighted by atomic mass is 19.3. The molecule has 2 N–H and O–H groups in total. The van der Waals surface area contributed by atoms with Crippen LogP contribution in [0.2, 0.25) is 0 Å². The number of nitriles is 1. The summed E-state index contributed by atoms with van der Waals surface area (Å²) >= 11 is 0. The maximum Gasteiger partial charge on any atom is 0.268 e. The molecule has 1 aromatic rings. The summed E-state index contributed by atoms with van der Waals surface area (Å²) < 4.78 is 37.9. The average molecular weight is 215 g/mol. The van der Waals surface area contributed by atoms with E-state index in [1.165, 1.54) is 6.07 Å². The molecular formula is C9H8F3N3. The molecular weight excluding hydrogens is 207 g/mol. The molecule has 80 valence electrons. The van der Waals surface area contributed by atoms with Crippen LogP contribution < -0.4 is 5.73 Å². The lowest BCUT2D eigenvalue weighted by Gasteiger charge is -2.08. The SMILES string of the molecule is N#CCc1cc(CN)c(C(F)F)c(F)n1. The van der Waals surface area contributed by atoms with Gasteiger partial charge >= 0.3 is 0 Å². The molecule has 0 aliphatic carbocycles. The van der Waals surface area contributed by atoms with Gasteiger partial charge in [0, 0.05) is 6.54 Å². The molecule has 0 aliphatic rings. The third-order valence-electron chi connectivity index (χ3n) is 1.85. The second-order valence-electron chi connectivity index (χ2n) is 2.82. The number of hydrogen-bond acceptors (Lipinski definition) is 3. The first-order valence-corrected chi connectivity index (χ1v) is 4.13. The molecule has 0 bridgehead atoms. The van der Waals surface area contributed by atoms with Gasteiger partial charge in [0.2, 0.25) is 5.95 Å². The van der Waals surface area contributed by atoms with Gasteiger partial charge in [-0.05, 0) is 11.6 Å². The van der Waals surface area contributed by atoms with Crippen LogP contribution in [0.5, 0.6) is 0 Å². The predicted octanol–water partition coefficient (Wildman–Crippen LogP) is 1.68. The van der Waals surface area contributed by atoms with Crippen LogP contribution in [0.1, 0.15) is 23.2 Å². The van der Waals surface area contributed by atoms with Crippen LogP contribution in [0.25, 0.3) is 0 Å². The van der Waals surface area contributed by atoms with Gasteiger partial charge in [-0.15, -0.1) is 0 Å². The molecule has 1 rings (SSSR count). The number of aromatic nitrogens is 1. The van der Waals surface area contributed by atoms with E-state index in [0.29, 0.717) is 0 Å². The fraction of sp³-hybridized carbons (Fsp3) is 0.333. The Morgan fingerprint density at radius 2 is 2.20 bits per heavy atom. The minimum absolute atomic E-state index is 0.0113. The van der Waals surface area contributed by atoms with Crippen LogP contribution in [-0.4, -0.2) is 4.98 Å². The Bertz CT molecular complexity index is 398. The summed E-state index contributed by atoms with van der Waals surface area (Å²) in [6.07, 6.45) is -3.08.